The van der Waals surface area contributed by atoms with E-state index in [1.54, 1.807) is 11.3 Å². The first-order valence-corrected chi connectivity index (χ1v) is 8.53. The maximum Gasteiger partial charge on any atom is 0.150 e. The Hall–Kier alpha value is -0.460. The maximum atomic E-state index is 11.5. The van der Waals surface area contributed by atoms with Crippen LogP contribution < -0.4 is 5.32 Å². The van der Waals surface area contributed by atoms with Crippen molar-refractivity contribution < 1.29 is 8.42 Å². The Labute approximate surface area is 106 Å². The second-order valence-corrected chi connectivity index (χ2v) is 7.85. The minimum atomic E-state index is -2.78. The van der Waals surface area contributed by atoms with E-state index in [9.17, 15) is 8.42 Å². The van der Waals surface area contributed by atoms with Gasteiger partial charge in [-0.1, -0.05) is 0 Å². The van der Waals surface area contributed by atoms with Crippen molar-refractivity contribution in [3.05, 3.63) is 16.6 Å². The first-order chi connectivity index (χ1) is 8.11. The van der Waals surface area contributed by atoms with Crippen molar-refractivity contribution in [3.63, 3.8) is 0 Å². The van der Waals surface area contributed by atoms with Crippen molar-refractivity contribution in [1.82, 2.24) is 10.3 Å². The van der Waals surface area contributed by atoms with Crippen LogP contribution in [-0.2, 0) is 16.3 Å². The molecule has 0 aliphatic carbocycles. The number of sulfone groups is 1. The van der Waals surface area contributed by atoms with Gasteiger partial charge in [0.1, 0.15) is 0 Å². The van der Waals surface area contributed by atoms with Crippen molar-refractivity contribution in [2.45, 2.75) is 12.8 Å². The Bertz CT molecular complexity index is 442. The lowest BCUT2D eigenvalue weighted by molar-refractivity contribution is 0.353. The molecule has 1 aliphatic rings. The summed E-state index contributed by atoms with van der Waals surface area (Å²) in [5, 5.41) is 3.17. The fourth-order valence-electron chi connectivity index (χ4n) is 2.46. The number of thiazole rings is 1. The highest BCUT2D eigenvalue weighted by Crippen LogP contribution is 2.29. The van der Waals surface area contributed by atoms with E-state index in [0.717, 1.165) is 19.4 Å². The smallest absolute Gasteiger partial charge is 0.150 e. The topological polar surface area (TPSA) is 59.1 Å². The fourth-order valence-corrected chi connectivity index (χ4v) is 5.07. The molecule has 1 fully saturated rings. The number of hydrogen-bond acceptors (Lipinski definition) is 5. The third-order valence-corrected chi connectivity index (χ3v) is 5.94. The molecule has 0 saturated carbocycles. The molecule has 0 amide bonds. The molecule has 0 aromatic carbocycles. The van der Waals surface area contributed by atoms with Crippen LogP contribution in [0.1, 0.15) is 11.3 Å². The minimum Gasteiger partial charge on any atom is -0.319 e. The normalized spacial score (nSPS) is 24.9. The van der Waals surface area contributed by atoms with E-state index < -0.39 is 9.84 Å². The highest BCUT2D eigenvalue weighted by atomic mass is 32.2. The molecule has 6 heteroatoms. The molecule has 2 unspecified atom stereocenters. The molecule has 17 heavy (non-hydrogen) atoms. The lowest BCUT2D eigenvalue weighted by atomic mass is 9.88. The number of hydrogen-bond donors (Lipinski definition) is 1. The predicted octanol–water partition coefficient (Wildman–Crippen LogP) is 0.956. The van der Waals surface area contributed by atoms with E-state index >= 15 is 0 Å². The summed E-state index contributed by atoms with van der Waals surface area (Å²) in [5.41, 5.74) is 1.83. The van der Waals surface area contributed by atoms with Gasteiger partial charge in [-0.2, -0.15) is 0 Å². The Morgan fingerprint density at radius 1 is 1.65 bits per heavy atom. The van der Waals surface area contributed by atoms with Gasteiger partial charge in [-0.3, -0.25) is 4.98 Å². The molecule has 4 nitrogen and oxygen atoms in total. The molecule has 2 heterocycles. The highest BCUT2D eigenvalue weighted by Gasteiger charge is 2.33. The average molecular weight is 274 g/mol. The second kappa shape index (κ2) is 5.46. The Balaban J connectivity index is 2.02. The monoisotopic (exact) mass is 274 g/mol. The summed E-state index contributed by atoms with van der Waals surface area (Å²) in [6.45, 7) is 0.873. The summed E-state index contributed by atoms with van der Waals surface area (Å²) < 4.78 is 23.0. The molecule has 96 valence electrons. The standard InChI is InChI=1S/C11H18N2O2S2/c1-12-5-10(4-11-6-13-8-16-11)9-2-3-17(14,15)7-9/h6,8-10,12H,2-5,7H2,1H3. The summed E-state index contributed by atoms with van der Waals surface area (Å²) in [5.74, 6) is 1.42. The first kappa shape index (κ1) is 13.0. The summed E-state index contributed by atoms with van der Waals surface area (Å²) in [6.07, 6.45) is 3.63. The molecule has 1 saturated heterocycles. The van der Waals surface area contributed by atoms with E-state index in [0.29, 0.717) is 23.3 Å². The molecule has 0 radical (unpaired) electrons. The van der Waals surface area contributed by atoms with E-state index in [1.165, 1.54) is 4.88 Å². The molecule has 1 N–H and O–H groups in total. The Morgan fingerprint density at radius 2 is 2.47 bits per heavy atom. The van der Waals surface area contributed by atoms with Gasteiger partial charge < -0.3 is 5.32 Å². The first-order valence-electron chi connectivity index (χ1n) is 5.83. The van der Waals surface area contributed by atoms with Crippen LogP contribution in [0, 0.1) is 11.8 Å². The second-order valence-electron chi connectivity index (χ2n) is 4.65. The molecule has 1 aliphatic heterocycles. The van der Waals surface area contributed by atoms with Crippen LogP contribution in [0.25, 0.3) is 0 Å². The minimum absolute atomic E-state index is 0.301. The third kappa shape index (κ3) is 3.50. The predicted molar refractivity (Wildman–Crippen MR) is 70.0 cm³/mol. The summed E-state index contributed by atoms with van der Waals surface area (Å²) in [4.78, 5) is 5.32. The average Bonchev–Trinajstić information content (AvgIpc) is 2.87. The van der Waals surface area contributed by atoms with Gasteiger partial charge in [0.15, 0.2) is 9.84 Å². The Kier molecular flexibility index (Phi) is 4.17. The van der Waals surface area contributed by atoms with Crippen molar-refractivity contribution >= 4 is 21.2 Å². The fraction of sp³-hybridized carbons (Fsp3) is 0.727. The number of nitrogens with one attached hydrogen (secondary N) is 1. The molecular formula is C11H18N2O2S2. The van der Waals surface area contributed by atoms with Gasteiger partial charge in [-0.05, 0) is 38.3 Å². The zero-order chi connectivity index (χ0) is 12.3. The molecule has 2 atom stereocenters. The van der Waals surface area contributed by atoms with Gasteiger partial charge in [0, 0.05) is 11.1 Å². The van der Waals surface area contributed by atoms with Gasteiger partial charge in [0.2, 0.25) is 0 Å². The summed E-state index contributed by atoms with van der Waals surface area (Å²) >= 11 is 1.65. The van der Waals surface area contributed by atoms with Crippen LogP contribution in [0.3, 0.4) is 0 Å². The molecule has 1 aromatic heterocycles. The molecule has 0 spiro atoms. The molecule has 1 aromatic rings. The summed E-state index contributed by atoms with van der Waals surface area (Å²) in [7, 11) is -0.858. The summed E-state index contributed by atoms with van der Waals surface area (Å²) in [6, 6.07) is 0. The number of nitrogens with zero attached hydrogens (tertiary/aromatic N) is 1. The van der Waals surface area contributed by atoms with Crippen LogP contribution >= 0.6 is 11.3 Å². The van der Waals surface area contributed by atoms with Crippen molar-refractivity contribution in [3.8, 4) is 0 Å². The molecule has 2 rings (SSSR count). The molecule has 0 bridgehead atoms. The lowest BCUT2D eigenvalue weighted by Crippen LogP contribution is -2.28. The van der Waals surface area contributed by atoms with Crippen LogP contribution in [0.5, 0.6) is 0 Å². The van der Waals surface area contributed by atoms with Gasteiger partial charge in [0.25, 0.3) is 0 Å². The van der Waals surface area contributed by atoms with Gasteiger partial charge >= 0.3 is 0 Å². The zero-order valence-corrected chi connectivity index (χ0v) is 11.6. The zero-order valence-electron chi connectivity index (χ0n) is 9.93. The molecular weight excluding hydrogens is 256 g/mol. The number of rotatable bonds is 5. The van der Waals surface area contributed by atoms with Crippen LogP contribution in [-0.4, -0.2) is 38.5 Å². The van der Waals surface area contributed by atoms with Crippen molar-refractivity contribution in [1.29, 1.82) is 0 Å². The Morgan fingerprint density at radius 3 is 3.00 bits per heavy atom. The highest BCUT2D eigenvalue weighted by molar-refractivity contribution is 7.91. The van der Waals surface area contributed by atoms with Crippen LogP contribution in [0.15, 0.2) is 11.7 Å². The largest absolute Gasteiger partial charge is 0.319 e. The van der Waals surface area contributed by atoms with Crippen molar-refractivity contribution in [2.75, 3.05) is 25.1 Å². The van der Waals surface area contributed by atoms with Gasteiger partial charge in [-0.25, -0.2) is 8.42 Å². The van der Waals surface area contributed by atoms with Crippen LogP contribution in [0.4, 0.5) is 0 Å². The van der Waals surface area contributed by atoms with E-state index in [-0.39, 0.29) is 0 Å². The van der Waals surface area contributed by atoms with Gasteiger partial charge in [0.05, 0.1) is 17.0 Å². The van der Waals surface area contributed by atoms with E-state index in [4.69, 9.17) is 0 Å². The third-order valence-electron chi connectivity index (χ3n) is 3.35. The lowest BCUT2D eigenvalue weighted by Gasteiger charge is -2.21. The van der Waals surface area contributed by atoms with Crippen LogP contribution in [0.2, 0.25) is 0 Å². The SMILES string of the molecule is CNCC(Cc1cncs1)C1CCS(=O)(=O)C1. The maximum absolute atomic E-state index is 11.5. The van der Waals surface area contributed by atoms with E-state index in [2.05, 4.69) is 10.3 Å². The quantitative estimate of drug-likeness (QED) is 0.869. The van der Waals surface area contributed by atoms with Gasteiger partial charge in [-0.15, -0.1) is 11.3 Å². The number of aromatic nitrogens is 1. The van der Waals surface area contributed by atoms with E-state index in [1.807, 2.05) is 18.8 Å². The van der Waals surface area contributed by atoms with Crippen molar-refractivity contribution in [2.24, 2.45) is 11.8 Å².